The van der Waals surface area contributed by atoms with Crippen molar-refractivity contribution in [1.29, 1.82) is 0 Å². The van der Waals surface area contributed by atoms with E-state index in [1.54, 1.807) is 13.0 Å². The second kappa shape index (κ2) is 7.72. The first-order chi connectivity index (χ1) is 13.3. The first kappa shape index (κ1) is 19.8. The van der Waals surface area contributed by atoms with Gasteiger partial charge in [-0.25, -0.2) is 8.42 Å². The Morgan fingerprint density at radius 3 is 2.43 bits per heavy atom. The van der Waals surface area contributed by atoms with Crippen LogP contribution in [0.2, 0.25) is 10.0 Å². The minimum absolute atomic E-state index is 0.0639. The highest BCUT2D eigenvalue weighted by Crippen LogP contribution is 2.33. The van der Waals surface area contributed by atoms with Crippen molar-refractivity contribution in [2.45, 2.75) is 18.4 Å². The third kappa shape index (κ3) is 3.82. The van der Waals surface area contributed by atoms with E-state index in [4.69, 9.17) is 32.7 Å². The van der Waals surface area contributed by atoms with E-state index < -0.39 is 10.0 Å². The SMILES string of the molecule is Cc1cc(Cl)c(S(=O)(=O)N2CCN(Cc3ccc4c(c3)OCO4)CC2)cc1Cl. The lowest BCUT2D eigenvalue weighted by molar-refractivity contribution is 0.173. The molecular formula is C19H20Cl2N2O4S. The maximum Gasteiger partial charge on any atom is 0.244 e. The fraction of sp³-hybridized carbons (Fsp3) is 0.368. The number of fused-ring (bicyclic) bond motifs is 1. The molecular weight excluding hydrogens is 423 g/mol. The average molecular weight is 443 g/mol. The van der Waals surface area contributed by atoms with Crippen LogP contribution in [0, 0.1) is 6.92 Å². The summed E-state index contributed by atoms with van der Waals surface area (Å²) < 4.78 is 38.2. The Hall–Kier alpha value is -1.51. The zero-order chi connectivity index (χ0) is 19.9. The molecule has 0 aliphatic carbocycles. The van der Waals surface area contributed by atoms with Gasteiger partial charge in [0.25, 0.3) is 0 Å². The number of hydrogen-bond donors (Lipinski definition) is 0. The Balaban J connectivity index is 1.43. The van der Waals surface area contributed by atoms with Gasteiger partial charge in [0.1, 0.15) is 4.90 Å². The Kier molecular flexibility index (Phi) is 5.46. The van der Waals surface area contributed by atoms with E-state index >= 15 is 0 Å². The summed E-state index contributed by atoms with van der Waals surface area (Å²) in [6, 6.07) is 8.91. The molecule has 0 bridgehead atoms. The molecule has 0 atom stereocenters. The summed E-state index contributed by atoms with van der Waals surface area (Å²) in [7, 11) is -3.68. The summed E-state index contributed by atoms with van der Waals surface area (Å²) >= 11 is 12.3. The van der Waals surface area contributed by atoms with Gasteiger partial charge in [-0.2, -0.15) is 4.31 Å². The largest absolute Gasteiger partial charge is 0.454 e. The van der Waals surface area contributed by atoms with Gasteiger partial charge in [0.05, 0.1) is 5.02 Å². The van der Waals surface area contributed by atoms with Crippen molar-refractivity contribution in [3.63, 3.8) is 0 Å². The van der Waals surface area contributed by atoms with E-state index in [1.807, 2.05) is 18.2 Å². The van der Waals surface area contributed by atoms with Gasteiger partial charge >= 0.3 is 0 Å². The van der Waals surface area contributed by atoms with E-state index in [9.17, 15) is 8.42 Å². The lowest BCUT2D eigenvalue weighted by atomic mass is 10.2. The molecule has 0 N–H and O–H groups in total. The van der Waals surface area contributed by atoms with Crippen LogP contribution in [0.5, 0.6) is 11.5 Å². The molecule has 2 aromatic carbocycles. The van der Waals surface area contributed by atoms with Gasteiger partial charge < -0.3 is 9.47 Å². The highest BCUT2D eigenvalue weighted by atomic mass is 35.5. The Labute approximate surface area is 174 Å². The quantitative estimate of drug-likeness (QED) is 0.724. The molecule has 9 heteroatoms. The standard InChI is InChI=1S/C19H20Cl2N2O4S/c1-13-8-16(21)19(10-15(13)20)28(24,25)23-6-4-22(5-7-23)11-14-2-3-17-18(9-14)27-12-26-17/h2-3,8-10H,4-7,11-12H2,1H3. The number of piperazine rings is 1. The van der Waals surface area contributed by atoms with E-state index in [2.05, 4.69) is 4.90 Å². The van der Waals surface area contributed by atoms with Crippen LogP contribution in [0.1, 0.15) is 11.1 Å². The number of nitrogens with zero attached hydrogens (tertiary/aromatic N) is 2. The van der Waals surface area contributed by atoms with Crippen molar-refractivity contribution < 1.29 is 17.9 Å². The molecule has 0 spiro atoms. The van der Waals surface area contributed by atoms with E-state index in [0.717, 1.165) is 29.2 Å². The van der Waals surface area contributed by atoms with Gasteiger partial charge in [-0.3, -0.25) is 4.90 Å². The average Bonchev–Trinajstić information content (AvgIpc) is 3.13. The number of halogens is 2. The molecule has 0 saturated carbocycles. The molecule has 0 aromatic heterocycles. The normalized spacial score (nSPS) is 17.8. The highest BCUT2D eigenvalue weighted by molar-refractivity contribution is 7.89. The van der Waals surface area contributed by atoms with Gasteiger partial charge in [-0.15, -0.1) is 0 Å². The van der Waals surface area contributed by atoms with Gasteiger partial charge in [0.15, 0.2) is 11.5 Å². The first-order valence-corrected chi connectivity index (χ1v) is 11.1. The maximum atomic E-state index is 13.0. The fourth-order valence-corrected chi connectivity index (χ4v) is 5.62. The maximum absolute atomic E-state index is 13.0. The van der Waals surface area contributed by atoms with Gasteiger partial charge in [0.2, 0.25) is 16.8 Å². The molecule has 2 aliphatic rings. The van der Waals surface area contributed by atoms with E-state index in [1.165, 1.54) is 10.4 Å². The smallest absolute Gasteiger partial charge is 0.244 e. The summed E-state index contributed by atoms with van der Waals surface area (Å²) in [5, 5.41) is 0.592. The lowest BCUT2D eigenvalue weighted by Gasteiger charge is -2.34. The van der Waals surface area contributed by atoms with E-state index in [-0.39, 0.29) is 16.7 Å². The Morgan fingerprint density at radius 1 is 0.964 bits per heavy atom. The minimum atomic E-state index is -3.68. The number of rotatable bonds is 4. The van der Waals surface area contributed by atoms with Crippen LogP contribution in [0.25, 0.3) is 0 Å². The number of aryl methyl sites for hydroxylation is 1. The predicted molar refractivity (Wildman–Crippen MR) is 108 cm³/mol. The first-order valence-electron chi connectivity index (χ1n) is 8.91. The molecule has 0 amide bonds. The van der Waals surface area contributed by atoms with E-state index in [0.29, 0.717) is 31.2 Å². The highest BCUT2D eigenvalue weighted by Gasteiger charge is 2.30. The molecule has 1 fully saturated rings. The molecule has 2 heterocycles. The summed E-state index contributed by atoms with van der Waals surface area (Å²) in [5.41, 5.74) is 1.85. The second-order valence-corrected chi connectivity index (χ2v) is 9.62. The molecule has 2 aromatic rings. The van der Waals surface area contributed by atoms with Crippen molar-refractivity contribution >= 4 is 33.2 Å². The van der Waals surface area contributed by atoms with Crippen LogP contribution < -0.4 is 9.47 Å². The van der Waals surface area contributed by atoms with Crippen LogP contribution in [-0.4, -0.2) is 50.6 Å². The number of benzene rings is 2. The predicted octanol–water partition coefficient (Wildman–Crippen LogP) is 3.54. The number of sulfonamides is 1. The van der Waals surface area contributed by atoms with Crippen molar-refractivity contribution in [1.82, 2.24) is 9.21 Å². The zero-order valence-electron chi connectivity index (χ0n) is 15.3. The van der Waals surface area contributed by atoms with Gasteiger partial charge in [0, 0.05) is 37.7 Å². The molecule has 2 aliphatic heterocycles. The summed E-state index contributed by atoms with van der Waals surface area (Å²) in [6.07, 6.45) is 0. The summed E-state index contributed by atoms with van der Waals surface area (Å²) in [6.45, 7) is 4.82. The van der Waals surface area contributed by atoms with Crippen molar-refractivity contribution in [2.24, 2.45) is 0 Å². The molecule has 150 valence electrons. The van der Waals surface area contributed by atoms with Crippen molar-refractivity contribution in [3.8, 4) is 11.5 Å². The molecule has 0 radical (unpaired) electrons. The monoisotopic (exact) mass is 442 g/mol. The third-order valence-electron chi connectivity index (χ3n) is 5.01. The van der Waals surface area contributed by atoms with Crippen LogP contribution in [0.3, 0.4) is 0 Å². The number of ether oxygens (including phenoxy) is 2. The van der Waals surface area contributed by atoms with Crippen LogP contribution in [-0.2, 0) is 16.6 Å². The molecule has 28 heavy (non-hydrogen) atoms. The lowest BCUT2D eigenvalue weighted by Crippen LogP contribution is -2.48. The van der Waals surface area contributed by atoms with Crippen LogP contribution >= 0.6 is 23.2 Å². The number of hydrogen-bond acceptors (Lipinski definition) is 5. The summed E-state index contributed by atoms with van der Waals surface area (Å²) in [4.78, 5) is 2.28. The van der Waals surface area contributed by atoms with Crippen molar-refractivity contribution in [3.05, 3.63) is 51.5 Å². The van der Waals surface area contributed by atoms with Crippen molar-refractivity contribution in [2.75, 3.05) is 33.0 Å². The van der Waals surface area contributed by atoms with Crippen LogP contribution in [0.15, 0.2) is 35.2 Å². The zero-order valence-corrected chi connectivity index (χ0v) is 17.6. The Morgan fingerprint density at radius 2 is 1.68 bits per heavy atom. The van der Waals surface area contributed by atoms with Crippen LogP contribution in [0.4, 0.5) is 0 Å². The molecule has 1 saturated heterocycles. The minimum Gasteiger partial charge on any atom is -0.454 e. The summed E-state index contributed by atoms with van der Waals surface area (Å²) in [5.74, 6) is 1.51. The molecule has 0 unspecified atom stereocenters. The second-order valence-electron chi connectivity index (χ2n) is 6.90. The van der Waals surface area contributed by atoms with Gasteiger partial charge in [-0.05, 0) is 42.3 Å². The van der Waals surface area contributed by atoms with Gasteiger partial charge in [-0.1, -0.05) is 29.3 Å². The molecule has 6 nitrogen and oxygen atoms in total. The Bertz CT molecular complexity index is 1010. The topological polar surface area (TPSA) is 59.1 Å². The molecule has 4 rings (SSSR count). The third-order valence-corrected chi connectivity index (χ3v) is 7.78. The fourth-order valence-electron chi connectivity index (χ4n) is 3.39.